The minimum absolute atomic E-state index is 0.0386. The van der Waals surface area contributed by atoms with E-state index in [1.165, 1.54) is 31.2 Å². The predicted octanol–water partition coefficient (Wildman–Crippen LogP) is 3.24. The Morgan fingerprint density at radius 1 is 1.29 bits per heavy atom. The molecule has 130 valence electrons. The van der Waals surface area contributed by atoms with Gasteiger partial charge in [0.1, 0.15) is 0 Å². The minimum Gasteiger partial charge on any atom is -0.360 e. The normalized spacial score (nSPS) is 24.7. The summed E-state index contributed by atoms with van der Waals surface area (Å²) in [5.41, 5.74) is 3.16. The van der Waals surface area contributed by atoms with Crippen LogP contribution in [0.25, 0.3) is 0 Å². The highest BCUT2D eigenvalue weighted by Gasteiger charge is 2.39. The molecule has 1 aromatic carbocycles. The van der Waals surface area contributed by atoms with Gasteiger partial charge in [-0.05, 0) is 74.4 Å². The molecule has 0 aromatic heterocycles. The Bertz CT molecular complexity index is 645. The number of nitrogens with zero attached hydrogens (tertiary/aromatic N) is 1. The first kappa shape index (κ1) is 17.2. The van der Waals surface area contributed by atoms with Crippen molar-refractivity contribution in [2.45, 2.75) is 45.6 Å². The first-order chi connectivity index (χ1) is 11.4. The second-order valence-electron chi connectivity index (χ2n) is 7.38. The second-order valence-corrected chi connectivity index (χ2v) is 7.77. The Labute approximate surface area is 150 Å². The van der Waals surface area contributed by atoms with Crippen molar-refractivity contribution >= 4 is 28.9 Å². The van der Waals surface area contributed by atoms with E-state index in [0.717, 1.165) is 23.1 Å². The van der Waals surface area contributed by atoms with Gasteiger partial charge in [0, 0.05) is 18.8 Å². The molecular weight excluding hydrogens is 318 g/mol. The van der Waals surface area contributed by atoms with Gasteiger partial charge in [-0.1, -0.05) is 18.6 Å². The molecule has 4 nitrogen and oxygen atoms in total. The van der Waals surface area contributed by atoms with Gasteiger partial charge in [0.25, 0.3) is 0 Å². The molecule has 2 bridgehead atoms. The number of fused-ring (bicyclic) bond motifs is 2. The Kier molecular flexibility index (Phi) is 5.09. The number of hydrogen-bond donors (Lipinski definition) is 2. The van der Waals surface area contributed by atoms with Crippen LogP contribution in [0.3, 0.4) is 0 Å². The molecule has 2 aliphatic rings. The summed E-state index contributed by atoms with van der Waals surface area (Å²) in [6, 6.07) is 6.45. The number of carbonyl (C=O) groups is 1. The zero-order valence-corrected chi connectivity index (χ0v) is 15.6. The van der Waals surface area contributed by atoms with E-state index < -0.39 is 0 Å². The Balaban J connectivity index is 1.50. The zero-order valence-electron chi connectivity index (χ0n) is 14.8. The van der Waals surface area contributed by atoms with Crippen LogP contribution in [0.1, 0.15) is 36.8 Å². The highest BCUT2D eigenvalue weighted by Crippen LogP contribution is 2.44. The molecule has 3 rings (SSSR count). The van der Waals surface area contributed by atoms with Gasteiger partial charge in [-0.15, -0.1) is 0 Å². The van der Waals surface area contributed by atoms with E-state index in [2.05, 4.69) is 10.6 Å². The van der Waals surface area contributed by atoms with Crippen LogP contribution >= 0.6 is 12.2 Å². The van der Waals surface area contributed by atoms with E-state index in [-0.39, 0.29) is 12.5 Å². The van der Waals surface area contributed by atoms with Crippen molar-refractivity contribution in [2.75, 3.05) is 18.9 Å². The van der Waals surface area contributed by atoms with Gasteiger partial charge in [0.15, 0.2) is 5.11 Å². The molecule has 0 aliphatic heterocycles. The second kappa shape index (κ2) is 7.09. The van der Waals surface area contributed by atoms with Gasteiger partial charge in [0.05, 0.1) is 6.54 Å². The summed E-state index contributed by atoms with van der Waals surface area (Å²) >= 11 is 5.49. The topological polar surface area (TPSA) is 44.4 Å². The quantitative estimate of drug-likeness (QED) is 0.823. The van der Waals surface area contributed by atoms with Gasteiger partial charge >= 0.3 is 0 Å². The Hall–Kier alpha value is -1.62. The van der Waals surface area contributed by atoms with E-state index in [9.17, 15) is 4.79 Å². The number of amides is 1. The maximum absolute atomic E-state index is 12.3. The van der Waals surface area contributed by atoms with E-state index in [1.807, 2.05) is 44.0 Å². The third kappa shape index (κ3) is 3.72. The zero-order chi connectivity index (χ0) is 17.3. The van der Waals surface area contributed by atoms with Crippen LogP contribution in [0.15, 0.2) is 18.2 Å². The SMILES string of the molecule is Cc1cccc(NC(=O)CN(C)C(=S)N[C@H]2C[C@H]3CC[C@H]2C3)c1C. The third-order valence-electron chi connectivity index (χ3n) is 5.65. The van der Waals surface area contributed by atoms with Gasteiger partial charge in [-0.2, -0.15) is 0 Å². The Morgan fingerprint density at radius 2 is 2.08 bits per heavy atom. The molecule has 0 unspecified atom stereocenters. The minimum atomic E-state index is -0.0386. The summed E-state index contributed by atoms with van der Waals surface area (Å²) in [6.07, 6.45) is 5.27. The predicted molar refractivity (Wildman–Crippen MR) is 102 cm³/mol. The van der Waals surface area contributed by atoms with Crippen molar-refractivity contribution in [3.63, 3.8) is 0 Å². The lowest BCUT2D eigenvalue weighted by Gasteiger charge is -2.28. The molecule has 2 aliphatic carbocycles. The maximum Gasteiger partial charge on any atom is 0.243 e. The first-order valence-corrected chi connectivity index (χ1v) is 9.22. The fourth-order valence-corrected chi connectivity index (χ4v) is 4.27. The molecule has 5 heteroatoms. The average molecular weight is 346 g/mol. The first-order valence-electron chi connectivity index (χ1n) is 8.81. The standard InChI is InChI=1S/C19H27N3OS/c1-12-5-4-6-16(13(12)2)20-18(23)11-22(3)19(24)21-17-10-14-7-8-15(17)9-14/h4-6,14-15,17H,7-11H2,1-3H3,(H,20,23)(H,21,24)/t14-,15-,17-/m0/s1. The molecule has 2 N–H and O–H groups in total. The fourth-order valence-electron chi connectivity index (χ4n) is 4.05. The van der Waals surface area contributed by atoms with Gasteiger partial charge in [-0.25, -0.2) is 0 Å². The third-order valence-corrected chi connectivity index (χ3v) is 6.08. The largest absolute Gasteiger partial charge is 0.360 e. The van der Waals surface area contributed by atoms with Crippen LogP contribution in [-0.2, 0) is 4.79 Å². The van der Waals surface area contributed by atoms with E-state index in [1.54, 1.807) is 0 Å². The van der Waals surface area contributed by atoms with Crippen molar-refractivity contribution < 1.29 is 4.79 Å². The molecular formula is C19H27N3OS. The van der Waals surface area contributed by atoms with E-state index in [4.69, 9.17) is 12.2 Å². The number of hydrogen-bond acceptors (Lipinski definition) is 2. The molecule has 0 radical (unpaired) electrons. The molecule has 0 saturated heterocycles. The summed E-state index contributed by atoms with van der Waals surface area (Å²) < 4.78 is 0. The fraction of sp³-hybridized carbons (Fsp3) is 0.579. The summed E-state index contributed by atoms with van der Waals surface area (Å²) in [5.74, 6) is 1.61. The van der Waals surface area contributed by atoms with Crippen molar-refractivity contribution in [1.29, 1.82) is 0 Å². The maximum atomic E-state index is 12.3. The van der Waals surface area contributed by atoms with Crippen molar-refractivity contribution in [3.8, 4) is 0 Å². The van der Waals surface area contributed by atoms with Gasteiger partial charge in [0.2, 0.25) is 5.91 Å². The van der Waals surface area contributed by atoms with Crippen LogP contribution in [0.5, 0.6) is 0 Å². The number of anilines is 1. The molecule has 3 atom stereocenters. The van der Waals surface area contributed by atoms with Crippen LogP contribution in [0, 0.1) is 25.7 Å². The van der Waals surface area contributed by atoms with E-state index in [0.29, 0.717) is 11.2 Å². The smallest absolute Gasteiger partial charge is 0.243 e. The number of thiocarbonyl (C=S) groups is 1. The lowest BCUT2D eigenvalue weighted by Crippen LogP contribution is -2.47. The van der Waals surface area contributed by atoms with Crippen LogP contribution < -0.4 is 10.6 Å². The lowest BCUT2D eigenvalue weighted by atomic mass is 9.95. The number of nitrogens with one attached hydrogen (secondary N) is 2. The number of likely N-dealkylation sites (N-methyl/N-ethyl adjacent to an activating group) is 1. The highest BCUT2D eigenvalue weighted by atomic mass is 32.1. The molecule has 2 saturated carbocycles. The van der Waals surface area contributed by atoms with Crippen LogP contribution in [-0.4, -0.2) is 35.6 Å². The van der Waals surface area contributed by atoms with Crippen molar-refractivity contribution in [3.05, 3.63) is 29.3 Å². The summed E-state index contributed by atoms with van der Waals surface area (Å²) in [7, 11) is 1.88. The van der Waals surface area contributed by atoms with Crippen LogP contribution in [0.2, 0.25) is 0 Å². The van der Waals surface area contributed by atoms with Crippen LogP contribution in [0.4, 0.5) is 5.69 Å². The van der Waals surface area contributed by atoms with Gasteiger partial charge in [-0.3, -0.25) is 4.79 Å². The average Bonchev–Trinajstić information content (AvgIpc) is 3.14. The molecule has 0 heterocycles. The van der Waals surface area contributed by atoms with Crippen molar-refractivity contribution in [1.82, 2.24) is 10.2 Å². The summed E-state index contributed by atoms with van der Waals surface area (Å²) in [6.45, 7) is 4.33. The van der Waals surface area contributed by atoms with Crippen molar-refractivity contribution in [2.24, 2.45) is 11.8 Å². The molecule has 2 fully saturated rings. The number of rotatable bonds is 4. The number of benzene rings is 1. The molecule has 0 spiro atoms. The monoisotopic (exact) mass is 345 g/mol. The number of aryl methyl sites for hydroxylation is 1. The molecule has 1 aromatic rings. The molecule has 24 heavy (non-hydrogen) atoms. The Morgan fingerprint density at radius 3 is 2.75 bits per heavy atom. The number of carbonyl (C=O) groups excluding carboxylic acids is 1. The summed E-state index contributed by atoms with van der Waals surface area (Å²) in [4.78, 5) is 14.2. The van der Waals surface area contributed by atoms with E-state index >= 15 is 0 Å². The van der Waals surface area contributed by atoms with Gasteiger partial charge < -0.3 is 15.5 Å². The summed E-state index contributed by atoms with van der Waals surface area (Å²) in [5, 5.41) is 7.15. The highest BCUT2D eigenvalue weighted by molar-refractivity contribution is 7.80. The lowest BCUT2D eigenvalue weighted by molar-refractivity contribution is -0.116. The molecule has 1 amide bonds.